The van der Waals surface area contributed by atoms with Crippen LogP contribution in [-0.4, -0.2) is 30.3 Å². The van der Waals surface area contributed by atoms with Crippen molar-refractivity contribution in [2.75, 3.05) is 7.11 Å². The van der Waals surface area contributed by atoms with Gasteiger partial charge in [0, 0.05) is 12.1 Å². The number of benzene rings is 2. The van der Waals surface area contributed by atoms with Crippen LogP contribution in [-0.2, 0) is 16.1 Å². The van der Waals surface area contributed by atoms with Crippen LogP contribution in [0.5, 0.6) is 5.75 Å². The Hall–Kier alpha value is -3.63. The minimum absolute atomic E-state index is 0.211. The minimum atomic E-state index is -4.83. The van der Waals surface area contributed by atoms with Gasteiger partial charge in [-0.2, -0.15) is 0 Å². The number of carbonyl (C=O) groups is 2. The van der Waals surface area contributed by atoms with E-state index in [-0.39, 0.29) is 17.7 Å². The molecular formula is C17H12F3NO7. The second-order valence-electron chi connectivity index (χ2n) is 5.29. The summed E-state index contributed by atoms with van der Waals surface area (Å²) in [4.78, 5) is 33.9. The molecule has 0 radical (unpaired) electrons. The maximum atomic E-state index is 12.1. The number of nitro groups is 1. The number of nitrogens with zero attached hydrogens (tertiary/aromatic N) is 1. The van der Waals surface area contributed by atoms with Crippen molar-refractivity contribution in [3.8, 4) is 5.75 Å². The fraction of sp³-hybridized carbons (Fsp3) is 0.176. The van der Waals surface area contributed by atoms with Gasteiger partial charge in [0.2, 0.25) is 0 Å². The monoisotopic (exact) mass is 399 g/mol. The Labute approximate surface area is 155 Å². The molecule has 2 aromatic carbocycles. The number of carbonyl (C=O) groups excluding carboxylic acids is 2. The Bertz CT molecular complexity index is 895. The first kappa shape index (κ1) is 20.7. The lowest BCUT2D eigenvalue weighted by Crippen LogP contribution is -2.17. The van der Waals surface area contributed by atoms with Crippen LogP contribution in [0.25, 0.3) is 0 Å². The van der Waals surface area contributed by atoms with Crippen molar-refractivity contribution < 1.29 is 41.9 Å². The lowest BCUT2D eigenvalue weighted by molar-refractivity contribution is -0.384. The summed E-state index contributed by atoms with van der Waals surface area (Å²) < 4.78 is 49.5. The molecule has 28 heavy (non-hydrogen) atoms. The molecule has 0 aliphatic carbocycles. The maximum Gasteiger partial charge on any atom is 0.573 e. The van der Waals surface area contributed by atoms with Gasteiger partial charge in [-0.1, -0.05) is 12.1 Å². The Kier molecular flexibility index (Phi) is 6.18. The number of non-ortho nitro benzene ring substituents is 1. The lowest BCUT2D eigenvalue weighted by atomic mass is 10.1. The van der Waals surface area contributed by atoms with Crippen molar-refractivity contribution in [1.82, 2.24) is 0 Å². The summed E-state index contributed by atoms with van der Waals surface area (Å²) in [6, 6.07) is 7.53. The normalized spacial score (nSPS) is 10.9. The number of hydrogen-bond donors (Lipinski definition) is 0. The molecule has 0 heterocycles. The van der Waals surface area contributed by atoms with Gasteiger partial charge in [0.25, 0.3) is 5.69 Å². The van der Waals surface area contributed by atoms with E-state index in [1.54, 1.807) is 0 Å². The zero-order valence-electron chi connectivity index (χ0n) is 14.2. The van der Waals surface area contributed by atoms with Gasteiger partial charge in [-0.25, -0.2) is 9.59 Å². The van der Waals surface area contributed by atoms with Crippen molar-refractivity contribution in [1.29, 1.82) is 0 Å². The lowest BCUT2D eigenvalue weighted by Gasteiger charge is -2.10. The molecule has 0 N–H and O–H groups in total. The number of rotatable bonds is 6. The predicted molar refractivity (Wildman–Crippen MR) is 86.7 cm³/mol. The smallest absolute Gasteiger partial charge is 0.465 e. The molecule has 0 atom stereocenters. The van der Waals surface area contributed by atoms with Gasteiger partial charge in [0.15, 0.2) is 0 Å². The highest BCUT2D eigenvalue weighted by molar-refractivity contribution is 5.96. The first-order valence-corrected chi connectivity index (χ1v) is 7.48. The quantitative estimate of drug-likeness (QED) is 0.415. The number of nitro benzene ring substituents is 1. The number of hydrogen-bond acceptors (Lipinski definition) is 7. The molecule has 0 fully saturated rings. The molecule has 2 aromatic rings. The molecule has 0 spiro atoms. The van der Waals surface area contributed by atoms with E-state index in [0.29, 0.717) is 5.56 Å². The highest BCUT2D eigenvalue weighted by Gasteiger charge is 2.31. The average Bonchev–Trinajstić information content (AvgIpc) is 2.64. The molecule has 0 saturated carbocycles. The van der Waals surface area contributed by atoms with E-state index in [4.69, 9.17) is 4.74 Å². The van der Waals surface area contributed by atoms with E-state index in [1.165, 1.54) is 12.1 Å². The highest BCUT2D eigenvalue weighted by atomic mass is 19.4. The third-order valence-corrected chi connectivity index (χ3v) is 3.31. The maximum absolute atomic E-state index is 12.1. The van der Waals surface area contributed by atoms with Crippen molar-refractivity contribution in [2.24, 2.45) is 0 Å². The van der Waals surface area contributed by atoms with Crippen LogP contribution in [0.3, 0.4) is 0 Å². The van der Waals surface area contributed by atoms with Crippen LogP contribution in [0.2, 0.25) is 0 Å². The summed E-state index contributed by atoms with van der Waals surface area (Å²) in [6.45, 7) is -0.318. The molecule has 0 saturated heterocycles. The molecule has 0 aliphatic heterocycles. The van der Waals surface area contributed by atoms with Crippen LogP contribution in [0.4, 0.5) is 18.9 Å². The van der Waals surface area contributed by atoms with Gasteiger partial charge in [0.05, 0.1) is 23.2 Å². The van der Waals surface area contributed by atoms with Crippen LogP contribution < -0.4 is 4.74 Å². The van der Waals surface area contributed by atoms with E-state index in [2.05, 4.69) is 9.47 Å². The summed E-state index contributed by atoms with van der Waals surface area (Å²) >= 11 is 0. The minimum Gasteiger partial charge on any atom is -0.465 e. The van der Waals surface area contributed by atoms with Crippen molar-refractivity contribution >= 4 is 17.6 Å². The number of methoxy groups -OCH3 is 1. The van der Waals surface area contributed by atoms with Crippen molar-refractivity contribution in [3.05, 3.63) is 69.3 Å². The summed E-state index contributed by atoms with van der Waals surface area (Å²) in [5.74, 6) is -2.29. The molecule has 0 unspecified atom stereocenters. The second kappa shape index (κ2) is 8.37. The zero-order valence-corrected chi connectivity index (χ0v) is 14.2. The van der Waals surface area contributed by atoms with Gasteiger partial charge in [-0.3, -0.25) is 10.1 Å². The average molecular weight is 399 g/mol. The van der Waals surface area contributed by atoms with E-state index in [9.17, 15) is 32.9 Å². The van der Waals surface area contributed by atoms with Gasteiger partial charge in [0.1, 0.15) is 12.4 Å². The molecule has 148 valence electrons. The number of alkyl halides is 3. The third-order valence-electron chi connectivity index (χ3n) is 3.31. The topological polar surface area (TPSA) is 105 Å². The number of esters is 2. The molecule has 11 heteroatoms. The highest BCUT2D eigenvalue weighted by Crippen LogP contribution is 2.23. The van der Waals surface area contributed by atoms with E-state index in [1.807, 2.05) is 0 Å². The molecule has 0 aromatic heterocycles. The van der Waals surface area contributed by atoms with Crippen molar-refractivity contribution in [3.63, 3.8) is 0 Å². The summed E-state index contributed by atoms with van der Waals surface area (Å²) in [6.07, 6.45) is -4.83. The molecule has 0 amide bonds. The van der Waals surface area contributed by atoms with E-state index in [0.717, 1.165) is 37.4 Å². The van der Waals surface area contributed by atoms with Gasteiger partial charge in [-0.05, 0) is 23.8 Å². The predicted octanol–water partition coefficient (Wildman–Crippen LogP) is 3.64. The van der Waals surface area contributed by atoms with Crippen LogP contribution >= 0.6 is 0 Å². The van der Waals surface area contributed by atoms with Crippen LogP contribution in [0.15, 0.2) is 42.5 Å². The Morgan fingerprint density at radius 3 is 2.11 bits per heavy atom. The summed E-state index contributed by atoms with van der Waals surface area (Å²) in [7, 11) is 1.07. The van der Waals surface area contributed by atoms with Crippen molar-refractivity contribution in [2.45, 2.75) is 13.0 Å². The third kappa shape index (κ3) is 5.69. The Balaban J connectivity index is 2.11. The van der Waals surface area contributed by atoms with Gasteiger partial charge >= 0.3 is 18.3 Å². The van der Waals surface area contributed by atoms with Gasteiger partial charge in [-0.15, -0.1) is 13.2 Å². The standard InChI is InChI=1S/C17H12F3NO7/c1-26-15(22)11-6-12(8-13(7-11)21(24)25)16(23)27-9-10-2-4-14(5-3-10)28-17(18,19)20/h2-8H,9H2,1H3. The summed E-state index contributed by atoms with van der Waals surface area (Å²) in [5.41, 5.74) is -0.631. The second-order valence-corrected chi connectivity index (χ2v) is 5.29. The first-order valence-electron chi connectivity index (χ1n) is 7.48. The van der Waals surface area contributed by atoms with Crippen LogP contribution in [0, 0.1) is 10.1 Å². The molecular weight excluding hydrogens is 387 g/mol. The molecule has 2 rings (SSSR count). The fourth-order valence-corrected chi connectivity index (χ4v) is 2.09. The molecule has 0 bridgehead atoms. The van der Waals surface area contributed by atoms with Crippen LogP contribution in [0.1, 0.15) is 26.3 Å². The number of ether oxygens (including phenoxy) is 3. The van der Waals surface area contributed by atoms with E-state index >= 15 is 0 Å². The summed E-state index contributed by atoms with van der Waals surface area (Å²) in [5, 5.41) is 11.0. The molecule has 8 nitrogen and oxygen atoms in total. The Morgan fingerprint density at radius 1 is 1.04 bits per heavy atom. The molecule has 0 aliphatic rings. The number of halogens is 3. The van der Waals surface area contributed by atoms with E-state index < -0.39 is 34.7 Å². The fourth-order valence-electron chi connectivity index (χ4n) is 2.09. The SMILES string of the molecule is COC(=O)c1cc(C(=O)OCc2ccc(OC(F)(F)F)cc2)cc([N+](=O)[O-])c1. The zero-order chi connectivity index (χ0) is 20.9. The first-order chi connectivity index (χ1) is 13.1. The largest absolute Gasteiger partial charge is 0.573 e. The Morgan fingerprint density at radius 2 is 1.61 bits per heavy atom. The van der Waals surface area contributed by atoms with Gasteiger partial charge < -0.3 is 14.2 Å².